The van der Waals surface area contributed by atoms with Gasteiger partial charge in [0.05, 0.1) is 55.8 Å². The summed E-state index contributed by atoms with van der Waals surface area (Å²) in [6.07, 6.45) is 3.15. The zero-order chi connectivity index (χ0) is 29.0. The normalized spacial score (nSPS) is 14.6. The highest BCUT2D eigenvalue weighted by atomic mass is 32.1. The Morgan fingerprint density at radius 1 is 1.02 bits per heavy atom. The summed E-state index contributed by atoms with van der Waals surface area (Å²) in [5.41, 5.74) is 1.82. The number of esters is 2. The molecule has 0 saturated heterocycles. The van der Waals surface area contributed by atoms with Gasteiger partial charge in [-0.3, -0.25) is 9.36 Å². The molecule has 4 rings (SSSR count). The number of methoxy groups -OCH3 is 4. The maximum Gasteiger partial charge on any atom is 0.338 e. The third kappa shape index (κ3) is 5.28. The lowest BCUT2D eigenvalue weighted by Gasteiger charge is -2.24. The van der Waals surface area contributed by atoms with Crippen molar-refractivity contribution in [3.05, 3.63) is 96.7 Å². The average Bonchev–Trinajstić information content (AvgIpc) is 3.27. The Bertz CT molecular complexity index is 1660. The van der Waals surface area contributed by atoms with E-state index in [1.807, 2.05) is 0 Å². The van der Waals surface area contributed by atoms with Gasteiger partial charge in [-0.15, -0.1) is 0 Å². The number of benzene rings is 2. The van der Waals surface area contributed by atoms with Crippen molar-refractivity contribution in [3.8, 4) is 17.2 Å². The first-order valence-corrected chi connectivity index (χ1v) is 12.9. The van der Waals surface area contributed by atoms with Gasteiger partial charge in [0.25, 0.3) is 5.56 Å². The smallest absolute Gasteiger partial charge is 0.338 e. The second-order valence-electron chi connectivity index (χ2n) is 8.54. The van der Waals surface area contributed by atoms with E-state index in [0.717, 1.165) is 0 Å². The summed E-state index contributed by atoms with van der Waals surface area (Å²) in [5, 5.41) is 0. The van der Waals surface area contributed by atoms with E-state index < -0.39 is 18.0 Å². The van der Waals surface area contributed by atoms with Crippen LogP contribution in [0.2, 0.25) is 0 Å². The van der Waals surface area contributed by atoms with Gasteiger partial charge in [-0.2, -0.15) is 0 Å². The molecular weight excluding hydrogens is 536 g/mol. The largest absolute Gasteiger partial charge is 0.493 e. The molecule has 40 heavy (non-hydrogen) atoms. The summed E-state index contributed by atoms with van der Waals surface area (Å²) in [7, 11) is 5.82. The second kappa shape index (κ2) is 12.0. The van der Waals surface area contributed by atoms with Crippen LogP contribution in [0.5, 0.6) is 17.2 Å². The van der Waals surface area contributed by atoms with Crippen molar-refractivity contribution in [1.82, 2.24) is 4.57 Å². The summed E-state index contributed by atoms with van der Waals surface area (Å²) in [5.74, 6) is 0.178. The lowest BCUT2D eigenvalue weighted by Crippen LogP contribution is -2.40. The molecule has 1 atom stereocenters. The molecular formula is C29H28N2O8S. The number of rotatable bonds is 9. The van der Waals surface area contributed by atoms with Crippen molar-refractivity contribution >= 4 is 29.4 Å². The van der Waals surface area contributed by atoms with E-state index >= 15 is 0 Å². The zero-order valence-corrected chi connectivity index (χ0v) is 23.5. The van der Waals surface area contributed by atoms with Crippen molar-refractivity contribution in [3.63, 3.8) is 0 Å². The van der Waals surface area contributed by atoms with Gasteiger partial charge in [-0.05, 0) is 48.4 Å². The van der Waals surface area contributed by atoms with E-state index in [1.165, 1.54) is 50.4 Å². The predicted molar refractivity (Wildman–Crippen MR) is 149 cm³/mol. The van der Waals surface area contributed by atoms with Crippen molar-refractivity contribution in [1.29, 1.82) is 0 Å². The summed E-state index contributed by atoms with van der Waals surface area (Å²) in [6.45, 7) is 5.28. The van der Waals surface area contributed by atoms with Crippen LogP contribution in [0.15, 0.2) is 70.1 Å². The Hall–Kier alpha value is -4.64. The van der Waals surface area contributed by atoms with Gasteiger partial charge in [0.1, 0.15) is 6.61 Å². The zero-order valence-electron chi connectivity index (χ0n) is 22.7. The Labute approximate surface area is 234 Å². The first kappa shape index (κ1) is 28.4. The van der Waals surface area contributed by atoms with E-state index in [4.69, 9.17) is 23.7 Å². The Morgan fingerprint density at radius 2 is 1.68 bits per heavy atom. The van der Waals surface area contributed by atoms with E-state index in [2.05, 4.69) is 11.6 Å². The fourth-order valence-electron chi connectivity index (χ4n) is 4.37. The molecule has 0 aliphatic carbocycles. The Balaban J connectivity index is 1.92. The molecule has 0 fully saturated rings. The number of thiazole rings is 1. The molecule has 0 radical (unpaired) electrons. The van der Waals surface area contributed by atoms with Crippen LogP contribution < -0.4 is 29.1 Å². The molecule has 1 unspecified atom stereocenters. The molecule has 2 heterocycles. The van der Waals surface area contributed by atoms with Gasteiger partial charge in [-0.1, -0.05) is 36.1 Å². The molecule has 3 aromatic rings. The minimum Gasteiger partial charge on any atom is -0.493 e. The van der Waals surface area contributed by atoms with Gasteiger partial charge in [-0.25, -0.2) is 14.6 Å². The molecule has 0 amide bonds. The number of carbonyl (C=O) groups is 2. The molecule has 0 N–H and O–H groups in total. The number of hydrogen-bond donors (Lipinski definition) is 0. The molecule has 11 heteroatoms. The molecule has 1 aliphatic rings. The van der Waals surface area contributed by atoms with Crippen LogP contribution in [0.3, 0.4) is 0 Å². The third-order valence-corrected chi connectivity index (χ3v) is 7.19. The maximum atomic E-state index is 13.9. The molecule has 0 bridgehead atoms. The van der Waals surface area contributed by atoms with Crippen molar-refractivity contribution in [2.24, 2.45) is 4.99 Å². The van der Waals surface area contributed by atoms with Crippen molar-refractivity contribution in [2.75, 3.05) is 35.0 Å². The molecule has 1 aromatic heterocycles. The van der Waals surface area contributed by atoms with Crippen LogP contribution in [0, 0.1) is 0 Å². The fraction of sp³-hybridized carbons (Fsp3) is 0.241. The lowest BCUT2D eigenvalue weighted by molar-refractivity contribution is -0.138. The summed E-state index contributed by atoms with van der Waals surface area (Å²) in [4.78, 5) is 44.0. The molecule has 0 spiro atoms. The molecule has 0 saturated carbocycles. The van der Waals surface area contributed by atoms with E-state index in [1.54, 1.807) is 49.4 Å². The summed E-state index contributed by atoms with van der Waals surface area (Å²) >= 11 is 1.18. The standard InChI is InChI=1S/C29H28N2O8S/c1-7-12-39-28(34)23-16(2)30-29-31(24(23)18-8-10-19(11-9-18)27(33)38-6)26(32)22(40-29)15-17-13-20(35-3)25(37-5)21(14-17)36-4/h7-11,13-15,24H,1,12H2,2-6H3. The quantitative estimate of drug-likeness (QED) is 0.288. The Morgan fingerprint density at radius 3 is 2.23 bits per heavy atom. The number of nitrogens with zero attached hydrogens (tertiary/aromatic N) is 2. The molecule has 10 nitrogen and oxygen atoms in total. The third-order valence-electron chi connectivity index (χ3n) is 6.21. The van der Waals surface area contributed by atoms with Gasteiger partial charge in [0.15, 0.2) is 16.3 Å². The second-order valence-corrected chi connectivity index (χ2v) is 9.55. The SMILES string of the molecule is C=CCOC(=O)C1=C(C)N=c2sc(=Cc3cc(OC)c(OC)c(OC)c3)c(=O)n2C1c1ccc(C(=O)OC)cc1. The highest BCUT2D eigenvalue weighted by Gasteiger charge is 2.33. The first-order valence-electron chi connectivity index (χ1n) is 12.1. The summed E-state index contributed by atoms with van der Waals surface area (Å²) in [6, 6.07) is 9.11. The van der Waals surface area contributed by atoms with E-state index in [0.29, 0.717) is 49.0 Å². The average molecular weight is 565 g/mol. The molecule has 1 aliphatic heterocycles. The van der Waals surface area contributed by atoms with Crippen LogP contribution in [0.1, 0.15) is 34.5 Å². The lowest BCUT2D eigenvalue weighted by atomic mass is 9.95. The number of hydrogen-bond acceptors (Lipinski definition) is 10. The van der Waals surface area contributed by atoms with Gasteiger partial charge in [0.2, 0.25) is 5.75 Å². The van der Waals surface area contributed by atoms with E-state index in [9.17, 15) is 14.4 Å². The van der Waals surface area contributed by atoms with Crippen molar-refractivity contribution < 1.29 is 33.3 Å². The first-order chi connectivity index (χ1) is 19.3. The monoisotopic (exact) mass is 564 g/mol. The van der Waals surface area contributed by atoms with Crippen LogP contribution in [-0.2, 0) is 14.3 Å². The summed E-state index contributed by atoms with van der Waals surface area (Å²) < 4.78 is 28.3. The van der Waals surface area contributed by atoms with Crippen LogP contribution in [0.25, 0.3) is 6.08 Å². The predicted octanol–water partition coefficient (Wildman–Crippen LogP) is 2.78. The molecule has 208 valence electrons. The highest BCUT2D eigenvalue weighted by Crippen LogP contribution is 2.38. The molecule has 2 aromatic carbocycles. The van der Waals surface area contributed by atoms with Gasteiger partial charge >= 0.3 is 11.9 Å². The van der Waals surface area contributed by atoms with Gasteiger partial charge in [0, 0.05) is 0 Å². The number of allylic oxidation sites excluding steroid dienone is 1. The Kier molecular flexibility index (Phi) is 8.54. The van der Waals surface area contributed by atoms with Crippen LogP contribution >= 0.6 is 11.3 Å². The number of aromatic nitrogens is 1. The number of fused-ring (bicyclic) bond motifs is 1. The van der Waals surface area contributed by atoms with Crippen LogP contribution in [-0.4, -0.2) is 51.6 Å². The van der Waals surface area contributed by atoms with Crippen molar-refractivity contribution in [2.45, 2.75) is 13.0 Å². The minimum atomic E-state index is -0.845. The minimum absolute atomic E-state index is 0.00479. The van der Waals surface area contributed by atoms with E-state index in [-0.39, 0.29) is 17.7 Å². The number of ether oxygens (including phenoxy) is 5. The number of carbonyl (C=O) groups excluding carboxylic acids is 2. The highest BCUT2D eigenvalue weighted by molar-refractivity contribution is 7.07. The fourth-order valence-corrected chi connectivity index (χ4v) is 5.41. The topological polar surface area (TPSA) is 115 Å². The van der Waals surface area contributed by atoms with Gasteiger partial charge < -0.3 is 23.7 Å². The maximum absolute atomic E-state index is 13.9. The van der Waals surface area contributed by atoms with Crippen LogP contribution in [0.4, 0.5) is 0 Å².